The molecule has 0 aliphatic rings. The Kier molecular flexibility index (Phi) is 5.54. The zero-order chi connectivity index (χ0) is 15.3. The third kappa shape index (κ3) is 3.71. The standard InChI is InChI=1S/C11H14F2N2O4S/c1-14-5-2-6-15-20(18,19)8-4-3-7(12)9(10(8)13)11(16)17/h3-4,14-15H,2,5-6H2,1H3,(H,16,17). The maximum absolute atomic E-state index is 13.8. The van der Waals surface area contributed by atoms with E-state index in [2.05, 4.69) is 10.0 Å². The van der Waals surface area contributed by atoms with Gasteiger partial charge in [-0.05, 0) is 32.1 Å². The third-order valence-corrected chi connectivity index (χ3v) is 3.93. The molecule has 0 saturated carbocycles. The molecule has 6 nitrogen and oxygen atoms in total. The summed E-state index contributed by atoms with van der Waals surface area (Å²) in [5.74, 6) is -4.81. The van der Waals surface area contributed by atoms with E-state index in [1.807, 2.05) is 0 Å². The molecule has 0 atom stereocenters. The number of hydrogen-bond acceptors (Lipinski definition) is 4. The minimum atomic E-state index is -4.23. The summed E-state index contributed by atoms with van der Waals surface area (Å²) in [5.41, 5.74) is -1.29. The topological polar surface area (TPSA) is 95.5 Å². The van der Waals surface area contributed by atoms with Gasteiger partial charge in [-0.25, -0.2) is 26.7 Å². The molecule has 0 aromatic heterocycles. The molecule has 0 fully saturated rings. The second-order valence-electron chi connectivity index (χ2n) is 3.89. The lowest BCUT2D eigenvalue weighted by Crippen LogP contribution is -2.28. The number of benzene rings is 1. The van der Waals surface area contributed by atoms with E-state index in [0.717, 1.165) is 0 Å². The Balaban J connectivity index is 3.07. The van der Waals surface area contributed by atoms with Gasteiger partial charge in [-0.2, -0.15) is 0 Å². The molecule has 1 aromatic rings. The van der Waals surface area contributed by atoms with Gasteiger partial charge >= 0.3 is 5.97 Å². The molecular formula is C11H14F2N2O4S. The first-order valence-electron chi connectivity index (χ1n) is 5.67. The highest BCUT2D eigenvalue weighted by Crippen LogP contribution is 2.20. The van der Waals surface area contributed by atoms with Gasteiger partial charge in [0.2, 0.25) is 10.0 Å². The van der Waals surface area contributed by atoms with Gasteiger partial charge in [0.05, 0.1) is 0 Å². The van der Waals surface area contributed by atoms with E-state index in [0.29, 0.717) is 25.1 Å². The summed E-state index contributed by atoms with van der Waals surface area (Å²) in [6.07, 6.45) is 0.463. The van der Waals surface area contributed by atoms with Gasteiger partial charge in [0, 0.05) is 6.54 Å². The first-order valence-corrected chi connectivity index (χ1v) is 7.15. The summed E-state index contributed by atoms with van der Waals surface area (Å²) in [5, 5.41) is 11.5. The summed E-state index contributed by atoms with van der Waals surface area (Å²) >= 11 is 0. The first-order chi connectivity index (χ1) is 9.31. The molecule has 0 aliphatic heterocycles. The second-order valence-corrected chi connectivity index (χ2v) is 5.63. The van der Waals surface area contributed by atoms with Crippen LogP contribution in [0.1, 0.15) is 16.8 Å². The number of carboxylic acids is 1. The number of aromatic carboxylic acids is 1. The van der Waals surface area contributed by atoms with Crippen molar-refractivity contribution < 1.29 is 27.1 Å². The Labute approximate surface area is 114 Å². The summed E-state index contributed by atoms with van der Waals surface area (Å²) < 4.78 is 52.7. The minimum absolute atomic E-state index is 0.0440. The van der Waals surface area contributed by atoms with Crippen LogP contribution >= 0.6 is 0 Å². The van der Waals surface area contributed by atoms with E-state index >= 15 is 0 Å². The number of sulfonamides is 1. The number of carboxylic acid groups (broad SMARTS) is 1. The van der Waals surface area contributed by atoms with Gasteiger partial charge in [-0.3, -0.25) is 0 Å². The molecule has 1 rings (SSSR count). The summed E-state index contributed by atoms with van der Waals surface area (Å²) in [4.78, 5) is 9.83. The van der Waals surface area contributed by atoms with Crippen LogP contribution in [0.15, 0.2) is 17.0 Å². The molecule has 9 heteroatoms. The van der Waals surface area contributed by atoms with Crippen LogP contribution in [0.2, 0.25) is 0 Å². The van der Waals surface area contributed by atoms with E-state index in [-0.39, 0.29) is 6.54 Å². The van der Waals surface area contributed by atoms with Crippen LogP contribution in [0.3, 0.4) is 0 Å². The van der Waals surface area contributed by atoms with Crippen molar-refractivity contribution in [2.24, 2.45) is 0 Å². The summed E-state index contributed by atoms with van der Waals surface area (Å²) in [6, 6.07) is 1.30. The van der Waals surface area contributed by atoms with Crippen LogP contribution in [0.4, 0.5) is 8.78 Å². The van der Waals surface area contributed by atoms with Gasteiger partial charge < -0.3 is 10.4 Å². The first kappa shape index (κ1) is 16.5. The van der Waals surface area contributed by atoms with E-state index < -0.39 is 38.1 Å². The molecule has 0 aliphatic carbocycles. The maximum atomic E-state index is 13.8. The third-order valence-electron chi connectivity index (χ3n) is 2.45. The highest BCUT2D eigenvalue weighted by molar-refractivity contribution is 7.89. The highest BCUT2D eigenvalue weighted by atomic mass is 32.2. The number of carbonyl (C=O) groups is 1. The maximum Gasteiger partial charge on any atom is 0.341 e. The fourth-order valence-electron chi connectivity index (χ4n) is 1.49. The molecule has 3 N–H and O–H groups in total. The molecule has 0 amide bonds. The van der Waals surface area contributed by atoms with Crippen LogP contribution in [0, 0.1) is 11.6 Å². The number of hydrogen-bond donors (Lipinski definition) is 3. The monoisotopic (exact) mass is 308 g/mol. The predicted molar refractivity (Wildman–Crippen MR) is 67.0 cm³/mol. The van der Waals surface area contributed by atoms with Crippen molar-refractivity contribution in [1.82, 2.24) is 10.0 Å². The highest BCUT2D eigenvalue weighted by Gasteiger charge is 2.26. The van der Waals surface area contributed by atoms with Crippen molar-refractivity contribution in [3.8, 4) is 0 Å². The Morgan fingerprint density at radius 1 is 1.30 bits per heavy atom. The Bertz CT molecular complexity index is 605. The van der Waals surface area contributed by atoms with Crippen molar-refractivity contribution in [3.05, 3.63) is 29.3 Å². The fourth-order valence-corrected chi connectivity index (χ4v) is 2.64. The Morgan fingerprint density at radius 3 is 2.50 bits per heavy atom. The molecular weight excluding hydrogens is 294 g/mol. The summed E-state index contributed by atoms with van der Waals surface area (Å²) in [6.45, 7) is 0.594. The molecule has 20 heavy (non-hydrogen) atoms. The minimum Gasteiger partial charge on any atom is -0.477 e. The molecule has 0 saturated heterocycles. The van der Waals surface area contributed by atoms with E-state index in [4.69, 9.17) is 5.11 Å². The normalized spacial score (nSPS) is 11.6. The van der Waals surface area contributed by atoms with Crippen molar-refractivity contribution in [2.45, 2.75) is 11.3 Å². The Hall–Kier alpha value is -1.58. The van der Waals surface area contributed by atoms with Gasteiger partial charge in [-0.1, -0.05) is 0 Å². The fraction of sp³-hybridized carbons (Fsp3) is 0.364. The molecule has 0 spiro atoms. The van der Waals surface area contributed by atoms with Gasteiger partial charge in [0.1, 0.15) is 16.3 Å². The lowest BCUT2D eigenvalue weighted by atomic mass is 10.2. The van der Waals surface area contributed by atoms with Crippen molar-refractivity contribution in [1.29, 1.82) is 0 Å². The molecule has 0 unspecified atom stereocenters. The number of nitrogens with one attached hydrogen (secondary N) is 2. The molecule has 0 heterocycles. The lowest BCUT2D eigenvalue weighted by Gasteiger charge is -2.09. The van der Waals surface area contributed by atoms with E-state index in [1.54, 1.807) is 7.05 Å². The average Bonchev–Trinajstić information content (AvgIpc) is 2.34. The summed E-state index contributed by atoms with van der Waals surface area (Å²) in [7, 11) is -2.54. The van der Waals surface area contributed by atoms with Gasteiger partial charge in [0.25, 0.3) is 0 Å². The van der Waals surface area contributed by atoms with Crippen molar-refractivity contribution in [2.75, 3.05) is 20.1 Å². The smallest absolute Gasteiger partial charge is 0.341 e. The van der Waals surface area contributed by atoms with E-state index in [9.17, 15) is 22.0 Å². The Morgan fingerprint density at radius 2 is 1.95 bits per heavy atom. The van der Waals surface area contributed by atoms with Gasteiger partial charge in [0.15, 0.2) is 5.82 Å². The lowest BCUT2D eigenvalue weighted by molar-refractivity contribution is 0.0685. The number of halogens is 2. The van der Waals surface area contributed by atoms with Crippen molar-refractivity contribution in [3.63, 3.8) is 0 Å². The molecule has 0 bridgehead atoms. The van der Waals surface area contributed by atoms with E-state index in [1.165, 1.54) is 0 Å². The van der Waals surface area contributed by atoms with Crippen LogP contribution in [0.25, 0.3) is 0 Å². The van der Waals surface area contributed by atoms with Crippen LogP contribution in [-0.4, -0.2) is 39.6 Å². The molecule has 112 valence electrons. The quantitative estimate of drug-likeness (QED) is 0.639. The predicted octanol–water partition coefficient (Wildman–Crippen LogP) is 0.551. The van der Waals surface area contributed by atoms with Crippen LogP contribution < -0.4 is 10.0 Å². The average molecular weight is 308 g/mol. The van der Waals surface area contributed by atoms with Crippen molar-refractivity contribution >= 4 is 16.0 Å². The molecule has 1 aromatic carbocycles. The largest absolute Gasteiger partial charge is 0.477 e. The zero-order valence-electron chi connectivity index (χ0n) is 10.6. The SMILES string of the molecule is CNCCCNS(=O)(=O)c1ccc(F)c(C(=O)O)c1F. The zero-order valence-corrected chi connectivity index (χ0v) is 11.4. The second kappa shape index (κ2) is 6.73. The number of rotatable bonds is 7. The molecule has 0 radical (unpaired) electrons. The van der Waals surface area contributed by atoms with Gasteiger partial charge in [-0.15, -0.1) is 0 Å². The van der Waals surface area contributed by atoms with Crippen LogP contribution in [0.5, 0.6) is 0 Å². The van der Waals surface area contributed by atoms with Crippen LogP contribution in [-0.2, 0) is 10.0 Å².